The van der Waals surface area contributed by atoms with E-state index >= 15 is 0 Å². The molecule has 0 saturated carbocycles. The number of aromatic nitrogens is 1. The lowest BCUT2D eigenvalue weighted by molar-refractivity contribution is -0.139. The van der Waals surface area contributed by atoms with E-state index in [1.165, 1.54) is 12.1 Å². The summed E-state index contributed by atoms with van der Waals surface area (Å²) in [6.07, 6.45) is 3.22. The van der Waals surface area contributed by atoms with Gasteiger partial charge in [0.25, 0.3) is 0 Å². The first kappa shape index (κ1) is 15.6. The number of nitrogens with zero attached hydrogens (tertiary/aromatic N) is 1. The Bertz CT molecular complexity index is 644. The van der Waals surface area contributed by atoms with Gasteiger partial charge in [-0.05, 0) is 42.3 Å². The third kappa shape index (κ3) is 4.37. The summed E-state index contributed by atoms with van der Waals surface area (Å²) in [7, 11) is 0. The highest BCUT2D eigenvalue weighted by molar-refractivity contribution is 6.35. The zero-order valence-corrected chi connectivity index (χ0v) is 12.0. The number of hydrogen-bond donors (Lipinski definition) is 2. The van der Waals surface area contributed by atoms with E-state index in [1.807, 2.05) is 0 Å². The predicted octanol–water partition coefficient (Wildman–Crippen LogP) is 1.71. The molecule has 114 valence electrons. The van der Waals surface area contributed by atoms with Crippen LogP contribution in [0.25, 0.3) is 0 Å². The Balaban J connectivity index is 1.85. The normalized spacial score (nSPS) is 11.5. The van der Waals surface area contributed by atoms with Gasteiger partial charge < -0.3 is 10.6 Å². The van der Waals surface area contributed by atoms with E-state index in [-0.39, 0.29) is 18.4 Å². The maximum Gasteiger partial charge on any atom is 0.309 e. The van der Waals surface area contributed by atoms with Crippen molar-refractivity contribution in [3.63, 3.8) is 0 Å². The van der Waals surface area contributed by atoms with E-state index in [0.717, 1.165) is 11.1 Å². The number of hydrogen-bond acceptors (Lipinski definition) is 3. The van der Waals surface area contributed by atoms with Gasteiger partial charge in [0.15, 0.2) is 0 Å². The number of nitrogens with one attached hydrogen (secondary N) is 2. The molecule has 1 aromatic heterocycles. The molecule has 2 N–H and O–H groups in total. The molecular weight excluding hydrogens is 285 g/mol. The Hall–Kier alpha value is -2.76. The third-order valence-electron chi connectivity index (χ3n) is 3.13. The molecule has 0 aliphatic rings. The molecule has 1 aromatic carbocycles. The predicted molar refractivity (Wildman–Crippen MR) is 79.0 cm³/mol. The van der Waals surface area contributed by atoms with Crippen molar-refractivity contribution in [2.24, 2.45) is 0 Å². The van der Waals surface area contributed by atoms with Gasteiger partial charge in [0.05, 0.1) is 6.04 Å². The average Bonchev–Trinajstić information content (AvgIpc) is 2.54. The zero-order chi connectivity index (χ0) is 15.9. The first-order chi connectivity index (χ1) is 10.6. The number of pyridine rings is 1. The van der Waals surface area contributed by atoms with Crippen molar-refractivity contribution < 1.29 is 14.0 Å². The standard InChI is InChI=1S/C16H16FN3O2/c1-11(13-2-4-14(17)5-3-13)20-16(22)15(21)19-10-12-6-8-18-9-7-12/h2-9,11H,10H2,1H3,(H,19,21)(H,20,22)/t11-/m1/s1. The van der Waals surface area contributed by atoms with Gasteiger partial charge in [-0.2, -0.15) is 0 Å². The van der Waals surface area contributed by atoms with Gasteiger partial charge in [-0.15, -0.1) is 0 Å². The Morgan fingerprint density at radius 3 is 2.36 bits per heavy atom. The van der Waals surface area contributed by atoms with Gasteiger partial charge in [-0.25, -0.2) is 4.39 Å². The van der Waals surface area contributed by atoms with E-state index in [2.05, 4.69) is 15.6 Å². The number of halogens is 1. The van der Waals surface area contributed by atoms with Gasteiger partial charge in [0.2, 0.25) is 0 Å². The maximum atomic E-state index is 12.8. The van der Waals surface area contributed by atoms with Crippen LogP contribution in [0.15, 0.2) is 48.8 Å². The SMILES string of the molecule is C[C@@H](NC(=O)C(=O)NCc1ccncc1)c1ccc(F)cc1. The molecule has 0 aliphatic heterocycles. The molecule has 0 bridgehead atoms. The van der Waals surface area contributed by atoms with Gasteiger partial charge in [0.1, 0.15) is 5.82 Å². The first-order valence-electron chi connectivity index (χ1n) is 6.79. The summed E-state index contributed by atoms with van der Waals surface area (Å²) in [6, 6.07) is 8.85. The van der Waals surface area contributed by atoms with E-state index in [1.54, 1.807) is 43.6 Å². The summed E-state index contributed by atoms with van der Waals surface area (Å²) < 4.78 is 12.8. The van der Waals surface area contributed by atoms with Crippen molar-refractivity contribution in [3.05, 3.63) is 65.7 Å². The van der Waals surface area contributed by atoms with Crippen molar-refractivity contribution >= 4 is 11.8 Å². The number of rotatable bonds is 4. The van der Waals surface area contributed by atoms with E-state index in [4.69, 9.17) is 0 Å². The lowest BCUT2D eigenvalue weighted by Crippen LogP contribution is -2.40. The third-order valence-corrected chi connectivity index (χ3v) is 3.13. The molecule has 2 aromatic rings. The number of benzene rings is 1. The summed E-state index contributed by atoms with van der Waals surface area (Å²) in [6.45, 7) is 1.97. The summed E-state index contributed by atoms with van der Waals surface area (Å²) in [5.74, 6) is -1.80. The van der Waals surface area contributed by atoms with Crippen molar-refractivity contribution in [1.82, 2.24) is 15.6 Å². The lowest BCUT2D eigenvalue weighted by atomic mass is 10.1. The fourth-order valence-electron chi connectivity index (χ4n) is 1.86. The van der Waals surface area contributed by atoms with E-state index < -0.39 is 11.8 Å². The highest BCUT2D eigenvalue weighted by atomic mass is 19.1. The Morgan fingerprint density at radius 2 is 1.73 bits per heavy atom. The molecule has 0 radical (unpaired) electrons. The zero-order valence-electron chi connectivity index (χ0n) is 12.0. The largest absolute Gasteiger partial charge is 0.344 e. The van der Waals surface area contributed by atoms with Crippen LogP contribution in [0, 0.1) is 5.82 Å². The minimum atomic E-state index is -0.731. The van der Waals surface area contributed by atoms with Crippen LogP contribution in [0.3, 0.4) is 0 Å². The molecule has 0 unspecified atom stereocenters. The molecule has 5 nitrogen and oxygen atoms in total. The van der Waals surface area contributed by atoms with Crippen molar-refractivity contribution in [2.75, 3.05) is 0 Å². The Labute approximate surface area is 127 Å². The highest BCUT2D eigenvalue weighted by Gasteiger charge is 2.16. The molecule has 1 heterocycles. The molecule has 2 amide bonds. The fraction of sp³-hybridized carbons (Fsp3) is 0.188. The lowest BCUT2D eigenvalue weighted by Gasteiger charge is -2.14. The number of carbonyl (C=O) groups is 2. The van der Waals surface area contributed by atoms with Gasteiger partial charge >= 0.3 is 11.8 Å². The van der Waals surface area contributed by atoms with Crippen LogP contribution in [0.5, 0.6) is 0 Å². The Morgan fingerprint density at radius 1 is 1.09 bits per heavy atom. The average molecular weight is 301 g/mol. The van der Waals surface area contributed by atoms with Crippen molar-refractivity contribution in [3.8, 4) is 0 Å². The fourth-order valence-corrected chi connectivity index (χ4v) is 1.86. The van der Waals surface area contributed by atoms with Crippen LogP contribution in [-0.4, -0.2) is 16.8 Å². The first-order valence-corrected chi connectivity index (χ1v) is 6.79. The summed E-state index contributed by atoms with van der Waals surface area (Å²) in [5, 5.41) is 5.09. The minimum Gasteiger partial charge on any atom is -0.344 e. The molecular formula is C16H16FN3O2. The quantitative estimate of drug-likeness (QED) is 0.845. The smallest absolute Gasteiger partial charge is 0.309 e. The van der Waals surface area contributed by atoms with Crippen LogP contribution >= 0.6 is 0 Å². The molecule has 0 fully saturated rings. The van der Waals surface area contributed by atoms with Crippen molar-refractivity contribution in [2.45, 2.75) is 19.5 Å². The monoisotopic (exact) mass is 301 g/mol. The van der Waals surface area contributed by atoms with E-state index in [9.17, 15) is 14.0 Å². The highest BCUT2D eigenvalue weighted by Crippen LogP contribution is 2.12. The van der Waals surface area contributed by atoms with Crippen LogP contribution in [0.2, 0.25) is 0 Å². The topological polar surface area (TPSA) is 71.1 Å². The molecule has 1 atom stereocenters. The van der Waals surface area contributed by atoms with Gasteiger partial charge in [0, 0.05) is 18.9 Å². The second-order valence-corrected chi connectivity index (χ2v) is 4.78. The van der Waals surface area contributed by atoms with Crippen LogP contribution in [0.4, 0.5) is 4.39 Å². The molecule has 0 aliphatic carbocycles. The second-order valence-electron chi connectivity index (χ2n) is 4.78. The van der Waals surface area contributed by atoms with Gasteiger partial charge in [-0.1, -0.05) is 12.1 Å². The van der Waals surface area contributed by atoms with Crippen LogP contribution in [-0.2, 0) is 16.1 Å². The molecule has 6 heteroatoms. The summed E-state index contributed by atoms with van der Waals surface area (Å²) >= 11 is 0. The van der Waals surface area contributed by atoms with Gasteiger partial charge in [-0.3, -0.25) is 14.6 Å². The number of amides is 2. The summed E-state index contributed by atoms with van der Waals surface area (Å²) in [5.41, 5.74) is 1.57. The van der Waals surface area contributed by atoms with Crippen LogP contribution < -0.4 is 10.6 Å². The second kappa shape index (κ2) is 7.31. The minimum absolute atomic E-state index is 0.250. The molecule has 0 spiro atoms. The van der Waals surface area contributed by atoms with Crippen molar-refractivity contribution in [1.29, 1.82) is 0 Å². The van der Waals surface area contributed by atoms with Crippen LogP contribution in [0.1, 0.15) is 24.1 Å². The molecule has 2 rings (SSSR count). The maximum absolute atomic E-state index is 12.8. The molecule has 0 saturated heterocycles. The summed E-state index contributed by atoms with van der Waals surface area (Å²) in [4.78, 5) is 27.4. The van der Waals surface area contributed by atoms with E-state index in [0.29, 0.717) is 0 Å². The number of carbonyl (C=O) groups excluding carboxylic acids is 2. The Kier molecular flexibility index (Phi) is 5.19. The molecule has 22 heavy (non-hydrogen) atoms.